The monoisotopic (exact) mass is 586 g/mol. The molecule has 0 bridgehead atoms. The number of para-hydroxylation sites is 1. The molecule has 1 saturated heterocycles. The summed E-state index contributed by atoms with van der Waals surface area (Å²) < 4.78 is 11.4. The van der Waals surface area contributed by atoms with Gasteiger partial charge in [0, 0.05) is 46.0 Å². The number of ether oxygens (including phenoxy) is 2. The second kappa shape index (κ2) is 10.0. The molecule has 44 heavy (non-hydrogen) atoms. The Morgan fingerprint density at radius 3 is 2.16 bits per heavy atom. The summed E-state index contributed by atoms with van der Waals surface area (Å²) in [6, 6.07) is 22.9. The van der Waals surface area contributed by atoms with Crippen LogP contribution in [-0.2, 0) is 0 Å². The zero-order chi connectivity index (χ0) is 30.7. The van der Waals surface area contributed by atoms with E-state index in [1.54, 1.807) is 42.5 Å². The molecule has 1 fully saturated rings. The van der Waals surface area contributed by atoms with Crippen molar-refractivity contribution >= 4 is 34.8 Å². The van der Waals surface area contributed by atoms with E-state index in [9.17, 15) is 24.5 Å². The maximum absolute atomic E-state index is 14.8. The van der Waals surface area contributed by atoms with Gasteiger partial charge in [0.2, 0.25) is 0 Å². The molecule has 9 nitrogen and oxygen atoms in total. The number of Topliss-reactive ketones (excluding diaryl/α,β-unsaturated/α-hetero) is 3. The molecule has 2 heterocycles. The van der Waals surface area contributed by atoms with Gasteiger partial charge in [0.15, 0.2) is 17.3 Å². The summed E-state index contributed by atoms with van der Waals surface area (Å²) in [5.74, 6) is -1.29. The van der Waals surface area contributed by atoms with Crippen LogP contribution in [0.1, 0.15) is 48.1 Å². The van der Waals surface area contributed by atoms with E-state index in [1.165, 1.54) is 38.5 Å². The van der Waals surface area contributed by atoms with Crippen LogP contribution in [0.2, 0.25) is 0 Å². The lowest BCUT2D eigenvalue weighted by Crippen LogP contribution is -2.48. The highest BCUT2D eigenvalue weighted by atomic mass is 16.6. The van der Waals surface area contributed by atoms with Crippen LogP contribution in [0, 0.1) is 15.5 Å². The first kappa shape index (κ1) is 27.3. The highest BCUT2D eigenvalue weighted by molar-refractivity contribution is 6.32. The van der Waals surface area contributed by atoms with Crippen LogP contribution in [0.25, 0.3) is 6.08 Å². The molecule has 4 aromatic carbocycles. The van der Waals surface area contributed by atoms with Crippen LogP contribution >= 0.6 is 0 Å². The number of fused-ring (bicyclic) bond motifs is 5. The molecule has 7 rings (SSSR count). The first-order chi connectivity index (χ1) is 21.3. The van der Waals surface area contributed by atoms with Gasteiger partial charge < -0.3 is 14.4 Å². The molecule has 4 aromatic rings. The number of hydrogen-bond donors (Lipinski definition) is 0. The molecule has 1 spiro atoms. The summed E-state index contributed by atoms with van der Waals surface area (Å²) in [5, 5.41) is 11.4. The fourth-order valence-electron chi connectivity index (χ4n) is 7.26. The molecule has 0 amide bonds. The molecule has 3 aliphatic rings. The smallest absolute Gasteiger partial charge is 0.269 e. The third-order valence-corrected chi connectivity index (χ3v) is 9.12. The van der Waals surface area contributed by atoms with Crippen molar-refractivity contribution in [1.29, 1.82) is 0 Å². The van der Waals surface area contributed by atoms with Crippen molar-refractivity contribution in [2.75, 3.05) is 19.1 Å². The molecular weight excluding hydrogens is 560 g/mol. The lowest BCUT2D eigenvalue weighted by molar-refractivity contribution is -0.384. The summed E-state index contributed by atoms with van der Waals surface area (Å²) in [7, 11) is 3.01. The summed E-state index contributed by atoms with van der Waals surface area (Å²) in [6.45, 7) is 0. The Morgan fingerprint density at radius 1 is 0.864 bits per heavy atom. The standard InChI is InChI=1S/C35H26N2O7/c1-43-23-16-17-28(44-2)26(19-23)30-31(32(38)21-11-14-22(15-12-21)37(41)42)36-27-10-6-3-7-20(27)13-18-29(36)35(30)33(39)24-8-4-5-9-25(24)34(35)40/h3-19,29-31H,1-2H3/t29-,30+,31+/m0/s1. The van der Waals surface area contributed by atoms with Gasteiger partial charge >= 0.3 is 0 Å². The van der Waals surface area contributed by atoms with Crippen molar-refractivity contribution < 1.29 is 28.8 Å². The van der Waals surface area contributed by atoms with Gasteiger partial charge in [-0.15, -0.1) is 0 Å². The summed E-state index contributed by atoms with van der Waals surface area (Å²) in [5.41, 5.74) is 0.937. The van der Waals surface area contributed by atoms with E-state index in [4.69, 9.17) is 9.47 Å². The molecule has 0 N–H and O–H groups in total. The predicted molar refractivity (Wildman–Crippen MR) is 163 cm³/mol. The van der Waals surface area contributed by atoms with Gasteiger partial charge in [0.25, 0.3) is 5.69 Å². The number of nitro groups is 1. The SMILES string of the molecule is COc1ccc(OC)c([C@@H]2[C@H](C(=O)c3ccc([N+](=O)[O-])cc3)N3c4ccccc4C=C[C@H]3C23C(=O)c2ccccc2C3=O)c1. The van der Waals surface area contributed by atoms with Gasteiger partial charge in [-0.2, -0.15) is 0 Å². The summed E-state index contributed by atoms with van der Waals surface area (Å²) in [4.78, 5) is 57.2. The highest BCUT2D eigenvalue weighted by Crippen LogP contribution is 2.62. The first-order valence-corrected chi connectivity index (χ1v) is 14.1. The minimum atomic E-state index is -1.73. The van der Waals surface area contributed by atoms with Crippen molar-refractivity contribution in [3.8, 4) is 11.5 Å². The van der Waals surface area contributed by atoms with Gasteiger partial charge in [-0.3, -0.25) is 24.5 Å². The molecule has 0 radical (unpaired) electrons. The predicted octanol–water partition coefficient (Wildman–Crippen LogP) is 5.93. The maximum atomic E-state index is 14.8. The summed E-state index contributed by atoms with van der Waals surface area (Å²) in [6.07, 6.45) is 3.73. The Labute approximate surface area is 252 Å². The van der Waals surface area contributed by atoms with E-state index in [0.29, 0.717) is 33.9 Å². The van der Waals surface area contributed by atoms with Crippen molar-refractivity contribution in [3.05, 3.63) is 135 Å². The van der Waals surface area contributed by atoms with Crippen LogP contribution < -0.4 is 14.4 Å². The number of benzene rings is 4. The Morgan fingerprint density at radius 2 is 1.52 bits per heavy atom. The minimum absolute atomic E-state index is 0.156. The largest absolute Gasteiger partial charge is 0.497 e. The maximum Gasteiger partial charge on any atom is 0.269 e. The van der Waals surface area contributed by atoms with Gasteiger partial charge in [-0.25, -0.2) is 0 Å². The molecule has 0 unspecified atom stereocenters. The second-order valence-corrected chi connectivity index (χ2v) is 11.0. The number of ketones is 3. The Kier molecular flexibility index (Phi) is 6.21. The number of carbonyl (C=O) groups is 3. The Hall–Kier alpha value is -5.57. The van der Waals surface area contributed by atoms with E-state index >= 15 is 0 Å². The van der Waals surface area contributed by atoms with Gasteiger partial charge in [-0.1, -0.05) is 54.6 Å². The van der Waals surface area contributed by atoms with Crippen molar-refractivity contribution in [2.45, 2.75) is 18.0 Å². The quantitative estimate of drug-likeness (QED) is 0.118. The van der Waals surface area contributed by atoms with E-state index in [1.807, 2.05) is 41.3 Å². The number of methoxy groups -OCH3 is 2. The molecular formula is C35H26N2O7. The minimum Gasteiger partial charge on any atom is -0.497 e. The zero-order valence-electron chi connectivity index (χ0n) is 23.8. The van der Waals surface area contributed by atoms with E-state index in [2.05, 4.69) is 0 Å². The van der Waals surface area contributed by atoms with Crippen LogP contribution in [0.3, 0.4) is 0 Å². The molecule has 218 valence electrons. The molecule has 2 aliphatic heterocycles. The number of hydrogen-bond acceptors (Lipinski definition) is 8. The van der Waals surface area contributed by atoms with Crippen LogP contribution in [0.4, 0.5) is 11.4 Å². The average molecular weight is 587 g/mol. The lowest BCUT2D eigenvalue weighted by atomic mass is 9.64. The molecule has 0 saturated carbocycles. The molecule has 3 atom stereocenters. The van der Waals surface area contributed by atoms with Crippen molar-refractivity contribution in [1.82, 2.24) is 0 Å². The third kappa shape index (κ3) is 3.62. The van der Waals surface area contributed by atoms with Gasteiger partial charge in [0.05, 0.1) is 25.2 Å². The van der Waals surface area contributed by atoms with Crippen LogP contribution in [0.5, 0.6) is 11.5 Å². The molecule has 0 aromatic heterocycles. The van der Waals surface area contributed by atoms with E-state index in [0.717, 1.165) is 5.56 Å². The lowest BCUT2D eigenvalue weighted by Gasteiger charge is -2.37. The van der Waals surface area contributed by atoms with Crippen molar-refractivity contribution in [3.63, 3.8) is 0 Å². The topological polar surface area (TPSA) is 116 Å². The number of nitrogens with zero attached hydrogens (tertiary/aromatic N) is 2. The van der Waals surface area contributed by atoms with Gasteiger partial charge in [-0.05, 0) is 42.0 Å². The van der Waals surface area contributed by atoms with E-state index in [-0.39, 0.29) is 22.8 Å². The Balaban J connectivity index is 1.56. The first-order valence-electron chi connectivity index (χ1n) is 14.1. The van der Waals surface area contributed by atoms with Crippen molar-refractivity contribution in [2.24, 2.45) is 5.41 Å². The number of nitro benzene ring substituents is 1. The van der Waals surface area contributed by atoms with Crippen LogP contribution in [-0.4, -0.2) is 48.6 Å². The fourth-order valence-corrected chi connectivity index (χ4v) is 7.26. The molecule has 1 aliphatic carbocycles. The average Bonchev–Trinajstić information content (AvgIpc) is 3.50. The highest BCUT2D eigenvalue weighted by Gasteiger charge is 2.72. The second-order valence-electron chi connectivity index (χ2n) is 11.0. The Bertz CT molecular complexity index is 1880. The normalized spacial score (nSPS) is 20.7. The number of non-ortho nitro benzene ring substituents is 1. The summed E-state index contributed by atoms with van der Waals surface area (Å²) >= 11 is 0. The fraction of sp³-hybridized carbons (Fsp3) is 0.171. The number of carbonyl (C=O) groups excluding carboxylic acids is 3. The van der Waals surface area contributed by atoms with Gasteiger partial charge in [0.1, 0.15) is 23.0 Å². The van der Waals surface area contributed by atoms with E-state index < -0.39 is 34.1 Å². The number of rotatable bonds is 6. The molecule has 9 heteroatoms. The van der Waals surface area contributed by atoms with Crippen LogP contribution in [0.15, 0.2) is 97.1 Å². The number of anilines is 1. The zero-order valence-corrected chi connectivity index (χ0v) is 23.8. The third-order valence-electron chi connectivity index (χ3n) is 9.12.